The van der Waals surface area contributed by atoms with E-state index in [2.05, 4.69) is 11.7 Å². The normalized spacial score (nSPS) is 10.2. The molecule has 2 aromatic rings. The van der Waals surface area contributed by atoms with Crippen molar-refractivity contribution in [3.05, 3.63) is 42.6 Å². The molecule has 0 radical (unpaired) electrons. The van der Waals surface area contributed by atoms with Crippen molar-refractivity contribution in [2.45, 2.75) is 6.92 Å². The van der Waals surface area contributed by atoms with Gasteiger partial charge in [0, 0.05) is 0 Å². The lowest BCUT2D eigenvalue weighted by molar-refractivity contribution is 0.353. The Morgan fingerprint density at radius 1 is 1.41 bits per heavy atom. The maximum absolute atomic E-state index is 5.64. The Bertz CT molecular complexity index is 514. The molecule has 1 aromatic heterocycles. The molecule has 2 rings (SSSR count). The van der Waals surface area contributed by atoms with Crippen LogP contribution in [0.15, 0.2) is 47.1 Å². The maximum atomic E-state index is 5.64. The van der Waals surface area contributed by atoms with E-state index in [1.165, 1.54) is 0 Å². The van der Waals surface area contributed by atoms with Crippen molar-refractivity contribution < 1.29 is 9.26 Å². The molecule has 0 amide bonds. The van der Waals surface area contributed by atoms with E-state index < -0.39 is 0 Å². The van der Waals surface area contributed by atoms with E-state index in [9.17, 15) is 0 Å². The van der Waals surface area contributed by atoms with Crippen LogP contribution in [0.25, 0.3) is 11.1 Å². The van der Waals surface area contributed by atoms with Crippen LogP contribution < -0.4 is 10.5 Å². The molecule has 0 saturated heterocycles. The first-order chi connectivity index (χ1) is 8.16. The number of aromatic nitrogens is 1. The second-order valence-corrected chi connectivity index (χ2v) is 3.87. The lowest BCUT2D eigenvalue weighted by Gasteiger charge is -2.06. The summed E-state index contributed by atoms with van der Waals surface area (Å²) in [7, 11) is 0. The van der Waals surface area contributed by atoms with Crippen LogP contribution in [-0.2, 0) is 0 Å². The molecule has 2 N–H and O–H groups in total. The van der Waals surface area contributed by atoms with Gasteiger partial charge in [-0.05, 0) is 30.2 Å². The molecular formula is C13H14N2O2. The summed E-state index contributed by atoms with van der Waals surface area (Å²) in [6.45, 7) is 6.22. The summed E-state index contributed by atoms with van der Waals surface area (Å²) < 4.78 is 10.3. The molecule has 0 bridgehead atoms. The van der Waals surface area contributed by atoms with Gasteiger partial charge in [0.15, 0.2) is 0 Å². The largest absolute Gasteiger partial charge is 0.489 e. The fourth-order valence-electron chi connectivity index (χ4n) is 1.40. The molecule has 0 spiro atoms. The lowest BCUT2D eigenvalue weighted by atomic mass is 10.1. The van der Waals surface area contributed by atoms with Gasteiger partial charge >= 0.3 is 0 Å². The van der Waals surface area contributed by atoms with Crippen LogP contribution in [0.5, 0.6) is 5.75 Å². The molecule has 0 aliphatic rings. The number of benzene rings is 1. The first-order valence-corrected chi connectivity index (χ1v) is 5.24. The van der Waals surface area contributed by atoms with Gasteiger partial charge in [-0.25, -0.2) is 0 Å². The molecule has 0 unspecified atom stereocenters. The highest BCUT2D eigenvalue weighted by Gasteiger charge is 2.06. The summed E-state index contributed by atoms with van der Waals surface area (Å²) in [5.41, 5.74) is 8.36. The number of ether oxygens (including phenoxy) is 1. The molecule has 0 saturated carbocycles. The Hall–Kier alpha value is -2.23. The number of rotatable bonds is 4. The standard InChI is InChI=1S/C13H14N2O2/c1-9(2)8-16-11-5-3-10(4-6-11)12-7-15-17-13(12)14/h3-7H,1,8,14H2,2H3. The molecule has 17 heavy (non-hydrogen) atoms. The summed E-state index contributed by atoms with van der Waals surface area (Å²) >= 11 is 0. The zero-order valence-electron chi connectivity index (χ0n) is 9.64. The van der Waals surface area contributed by atoms with Crippen molar-refractivity contribution in [2.24, 2.45) is 0 Å². The van der Waals surface area contributed by atoms with Gasteiger partial charge in [-0.1, -0.05) is 23.9 Å². The molecule has 0 atom stereocenters. The van der Waals surface area contributed by atoms with E-state index in [-0.39, 0.29) is 0 Å². The molecule has 4 heteroatoms. The number of nitrogen functional groups attached to an aromatic ring is 1. The molecule has 88 valence electrons. The smallest absolute Gasteiger partial charge is 0.229 e. The van der Waals surface area contributed by atoms with Gasteiger partial charge in [-0.2, -0.15) is 0 Å². The monoisotopic (exact) mass is 230 g/mol. The lowest BCUT2D eigenvalue weighted by Crippen LogP contribution is -1.97. The Labute approximate surface area is 99.7 Å². The molecular weight excluding hydrogens is 216 g/mol. The van der Waals surface area contributed by atoms with Gasteiger partial charge in [0.2, 0.25) is 5.88 Å². The van der Waals surface area contributed by atoms with Gasteiger partial charge < -0.3 is 15.0 Å². The van der Waals surface area contributed by atoms with E-state index in [4.69, 9.17) is 15.0 Å². The Kier molecular flexibility index (Phi) is 3.14. The zero-order valence-corrected chi connectivity index (χ0v) is 9.64. The highest BCUT2D eigenvalue weighted by atomic mass is 16.5. The van der Waals surface area contributed by atoms with E-state index >= 15 is 0 Å². The molecule has 0 aliphatic heterocycles. The van der Waals surface area contributed by atoms with Gasteiger partial charge in [-0.15, -0.1) is 0 Å². The number of hydrogen-bond acceptors (Lipinski definition) is 4. The molecule has 0 fully saturated rings. The molecule has 1 aromatic carbocycles. The maximum Gasteiger partial charge on any atom is 0.229 e. The predicted molar refractivity (Wildman–Crippen MR) is 66.7 cm³/mol. The van der Waals surface area contributed by atoms with Crippen molar-refractivity contribution in [3.8, 4) is 16.9 Å². The Morgan fingerprint density at radius 2 is 2.12 bits per heavy atom. The second-order valence-electron chi connectivity index (χ2n) is 3.87. The first kappa shape index (κ1) is 11.3. The fourth-order valence-corrected chi connectivity index (χ4v) is 1.40. The number of nitrogens with two attached hydrogens (primary N) is 1. The van der Waals surface area contributed by atoms with Crippen molar-refractivity contribution in [1.82, 2.24) is 5.16 Å². The summed E-state index contributed by atoms with van der Waals surface area (Å²) in [6, 6.07) is 7.59. The Balaban J connectivity index is 2.13. The van der Waals surface area contributed by atoms with Crippen LogP contribution in [0.2, 0.25) is 0 Å². The van der Waals surface area contributed by atoms with E-state index in [0.29, 0.717) is 12.5 Å². The average molecular weight is 230 g/mol. The minimum atomic E-state index is 0.320. The van der Waals surface area contributed by atoms with Crippen molar-refractivity contribution >= 4 is 5.88 Å². The van der Waals surface area contributed by atoms with Crippen molar-refractivity contribution in [3.63, 3.8) is 0 Å². The quantitative estimate of drug-likeness (QED) is 0.820. The summed E-state index contributed by atoms with van der Waals surface area (Å²) in [4.78, 5) is 0. The third-order valence-corrected chi connectivity index (χ3v) is 2.25. The summed E-state index contributed by atoms with van der Waals surface area (Å²) in [6.07, 6.45) is 1.60. The first-order valence-electron chi connectivity index (χ1n) is 5.24. The molecule has 1 heterocycles. The highest BCUT2D eigenvalue weighted by Crippen LogP contribution is 2.26. The van der Waals surface area contributed by atoms with Crippen molar-refractivity contribution in [2.75, 3.05) is 12.3 Å². The fraction of sp³-hybridized carbons (Fsp3) is 0.154. The van der Waals surface area contributed by atoms with E-state index in [1.807, 2.05) is 31.2 Å². The van der Waals surface area contributed by atoms with Crippen molar-refractivity contribution in [1.29, 1.82) is 0 Å². The highest BCUT2D eigenvalue weighted by molar-refractivity contribution is 5.72. The van der Waals surface area contributed by atoms with Crippen LogP contribution in [0.4, 0.5) is 5.88 Å². The van der Waals surface area contributed by atoms with Crippen LogP contribution in [0, 0.1) is 0 Å². The van der Waals surface area contributed by atoms with Crippen LogP contribution in [0.3, 0.4) is 0 Å². The summed E-state index contributed by atoms with van der Waals surface area (Å²) in [5.74, 6) is 1.12. The molecule has 4 nitrogen and oxygen atoms in total. The van der Waals surface area contributed by atoms with Gasteiger partial charge in [0.25, 0.3) is 0 Å². The van der Waals surface area contributed by atoms with E-state index in [0.717, 1.165) is 22.4 Å². The van der Waals surface area contributed by atoms with Gasteiger partial charge in [-0.3, -0.25) is 0 Å². The summed E-state index contributed by atoms with van der Waals surface area (Å²) in [5, 5.41) is 3.64. The zero-order chi connectivity index (χ0) is 12.3. The van der Waals surface area contributed by atoms with Crippen LogP contribution in [-0.4, -0.2) is 11.8 Å². The number of hydrogen-bond donors (Lipinski definition) is 1. The number of anilines is 1. The van der Waals surface area contributed by atoms with Gasteiger partial charge in [0.05, 0.1) is 11.8 Å². The minimum absolute atomic E-state index is 0.320. The molecule has 0 aliphatic carbocycles. The van der Waals surface area contributed by atoms with Crippen LogP contribution in [0.1, 0.15) is 6.92 Å². The number of nitrogens with zero attached hydrogens (tertiary/aromatic N) is 1. The SMILES string of the molecule is C=C(C)COc1ccc(-c2cnoc2N)cc1. The van der Waals surface area contributed by atoms with E-state index in [1.54, 1.807) is 6.20 Å². The minimum Gasteiger partial charge on any atom is -0.489 e. The van der Waals surface area contributed by atoms with Crippen LogP contribution >= 0.6 is 0 Å². The average Bonchev–Trinajstić information content (AvgIpc) is 2.73. The topological polar surface area (TPSA) is 61.3 Å². The predicted octanol–water partition coefficient (Wildman–Crippen LogP) is 2.88. The van der Waals surface area contributed by atoms with Gasteiger partial charge in [0.1, 0.15) is 12.4 Å². The third kappa shape index (κ3) is 2.66. The third-order valence-electron chi connectivity index (χ3n) is 2.25. The second kappa shape index (κ2) is 4.74. The Morgan fingerprint density at radius 3 is 2.65 bits per heavy atom.